The third kappa shape index (κ3) is 5.26. The van der Waals surface area contributed by atoms with Gasteiger partial charge in [0.2, 0.25) is 5.88 Å². The molecule has 0 amide bonds. The Kier molecular flexibility index (Phi) is 7.59. The van der Waals surface area contributed by atoms with Crippen LogP contribution in [0.25, 0.3) is 11.1 Å². The third-order valence-electron chi connectivity index (χ3n) is 6.40. The van der Waals surface area contributed by atoms with Crippen molar-refractivity contribution in [3.05, 3.63) is 120 Å². The maximum absolute atomic E-state index is 15.4. The summed E-state index contributed by atoms with van der Waals surface area (Å²) in [7, 11) is 5.47. The van der Waals surface area contributed by atoms with Crippen molar-refractivity contribution in [1.82, 2.24) is 9.88 Å². The molecule has 0 aliphatic carbocycles. The van der Waals surface area contributed by atoms with Gasteiger partial charge in [0.05, 0.1) is 13.0 Å². The molecule has 1 heterocycles. The predicted molar refractivity (Wildman–Crippen MR) is 138 cm³/mol. The van der Waals surface area contributed by atoms with Crippen LogP contribution in [0.4, 0.5) is 4.39 Å². The molecule has 5 heteroatoms. The molecule has 0 radical (unpaired) electrons. The highest BCUT2D eigenvalue weighted by atomic mass is 19.1. The number of hydrogen-bond donors (Lipinski definition) is 1. The van der Waals surface area contributed by atoms with Crippen LogP contribution in [0.15, 0.2) is 97.2 Å². The van der Waals surface area contributed by atoms with Crippen molar-refractivity contribution in [2.24, 2.45) is 0 Å². The Balaban J connectivity index is 2.00. The number of ether oxygens (including phenoxy) is 1. The first-order chi connectivity index (χ1) is 16.9. The zero-order valence-electron chi connectivity index (χ0n) is 20.4. The normalized spacial score (nSPS) is 13.9. The molecule has 2 atom stereocenters. The standard InChI is InChI=1S/C30H31FN2O2/c1-33(2)19-18-30(34,24-14-8-5-9-15-24)28(25-16-10-11-17-27(25)31)26-20-23(21-32-29(26)35-3)22-12-6-4-7-13-22/h4-17,20-21,28,34H,18-19H2,1-3H3. The molecule has 1 aromatic heterocycles. The Morgan fingerprint density at radius 2 is 1.51 bits per heavy atom. The van der Waals surface area contributed by atoms with E-state index in [0.717, 1.165) is 11.1 Å². The molecule has 4 nitrogen and oxygen atoms in total. The van der Waals surface area contributed by atoms with Crippen molar-refractivity contribution >= 4 is 0 Å². The largest absolute Gasteiger partial charge is 0.481 e. The van der Waals surface area contributed by atoms with Gasteiger partial charge in [0.15, 0.2) is 0 Å². The minimum absolute atomic E-state index is 0.358. The topological polar surface area (TPSA) is 45.6 Å². The summed E-state index contributed by atoms with van der Waals surface area (Å²) >= 11 is 0. The average molecular weight is 471 g/mol. The number of pyridine rings is 1. The lowest BCUT2D eigenvalue weighted by Crippen LogP contribution is -2.38. The predicted octanol–water partition coefficient (Wildman–Crippen LogP) is 5.87. The summed E-state index contributed by atoms with van der Waals surface area (Å²) in [5.41, 5.74) is 2.14. The molecule has 0 aliphatic rings. The molecule has 0 aliphatic heterocycles. The second-order valence-corrected chi connectivity index (χ2v) is 8.99. The molecular weight excluding hydrogens is 439 g/mol. The number of nitrogens with zero attached hydrogens (tertiary/aromatic N) is 2. The average Bonchev–Trinajstić information content (AvgIpc) is 2.89. The number of methoxy groups -OCH3 is 1. The molecule has 180 valence electrons. The van der Waals surface area contributed by atoms with E-state index in [0.29, 0.717) is 35.5 Å². The van der Waals surface area contributed by atoms with Gasteiger partial charge in [-0.2, -0.15) is 0 Å². The van der Waals surface area contributed by atoms with Gasteiger partial charge in [-0.25, -0.2) is 9.37 Å². The van der Waals surface area contributed by atoms with E-state index in [4.69, 9.17) is 4.74 Å². The van der Waals surface area contributed by atoms with E-state index in [2.05, 4.69) is 4.98 Å². The van der Waals surface area contributed by atoms with Crippen molar-refractivity contribution in [3.63, 3.8) is 0 Å². The minimum Gasteiger partial charge on any atom is -0.481 e. The number of aliphatic hydroxyl groups is 1. The number of halogens is 1. The van der Waals surface area contributed by atoms with Crippen molar-refractivity contribution in [1.29, 1.82) is 0 Å². The monoisotopic (exact) mass is 470 g/mol. The summed E-state index contributed by atoms with van der Waals surface area (Å²) in [6, 6.07) is 27.9. The first kappa shape index (κ1) is 24.6. The summed E-state index contributed by atoms with van der Waals surface area (Å²) in [5.74, 6) is -0.793. The van der Waals surface area contributed by atoms with Crippen LogP contribution in [0.3, 0.4) is 0 Å². The fourth-order valence-electron chi connectivity index (χ4n) is 4.60. The molecule has 0 saturated heterocycles. The van der Waals surface area contributed by atoms with Crippen LogP contribution in [0.2, 0.25) is 0 Å². The van der Waals surface area contributed by atoms with Gasteiger partial charge < -0.3 is 14.7 Å². The van der Waals surface area contributed by atoms with E-state index in [9.17, 15) is 5.11 Å². The van der Waals surface area contributed by atoms with E-state index < -0.39 is 11.5 Å². The molecule has 0 spiro atoms. The SMILES string of the molecule is COc1ncc(-c2ccccc2)cc1C(c1ccccc1F)C(O)(CCN(C)C)c1ccccc1. The van der Waals surface area contributed by atoms with E-state index >= 15 is 4.39 Å². The van der Waals surface area contributed by atoms with Gasteiger partial charge in [0.25, 0.3) is 0 Å². The molecule has 2 unspecified atom stereocenters. The highest BCUT2D eigenvalue weighted by Gasteiger charge is 2.43. The Morgan fingerprint density at radius 3 is 2.14 bits per heavy atom. The maximum atomic E-state index is 15.4. The number of benzene rings is 3. The van der Waals surface area contributed by atoms with Gasteiger partial charge in [0, 0.05) is 23.9 Å². The molecule has 0 bridgehead atoms. The lowest BCUT2D eigenvalue weighted by Gasteiger charge is -2.39. The molecular formula is C30H31FN2O2. The van der Waals surface area contributed by atoms with E-state index in [1.807, 2.05) is 85.7 Å². The minimum atomic E-state index is -1.43. The van der Waals surface area contributed by atoms with Crippen LogP contribution < -0.4 is 4.74 Å². The summed E-state index contributed by atoms with van der Waals surface area (Å²) in [4.78, 5) is 6.60. The Hall–Kier alpha value is -3.54. The van der Waals surface area contributed by atoms with Crippen molar-refractivity contribution in [2.45, 2.75) is 17.9 Å². The van der Waals surface area contributed by atoms with Crippen LogP contribution in [0.5, 0.6) is 5.88 Å². The van der Waals surface area contributed by atoms with E-state index in [-0.39, 0.29) is 5.82 Å². The third-order valence-corrected chi connectivity index (χ3v) is 6.40. The smallest absolute Gasteiger partial charge is 0.217 e. The highest BCUT2D eigenvalue weighted by molar-refractivity contribution is 5.65. The van der Waals surface area contributed by atoms with Gasteiger partial charge in [-0.15, -0.1) is 0 Å². The number of aromatic nitrogens is 1. The first-order valence-electron chi connectivity index (χ1n) is 11.7. The molecule has 0 fully saturated rings. The molecule has 3 aromatic carbocycles. The van der Waals surface area contributed by atoms with Crippen molar-refractivity contribution in [3.8, 4) is 17.0 Å². The van der Waals surface area contributed by atoms with Crippen molar-refractivity contribution in [2.75, 3.05) is 27.7 Å². The van der Waals surface area contributed by atoms with Gasteiger partial charge in [-0.1, -0.05) is 78.9 Å². The lowest BCUT2D eigenvalue weighted by molar-refractivity contribution is 0.00287. The highest BCUT2D eigenvalue weighted by Crippen LogP contribution is 2.48. The number of rotatable bonds is 9. The van der Waals surface area contributed by atoms with Crippen molar-refractivity contribution < 1.29 is 14.2 Å². The fourth-order valence-corrected chi connectivity index (χ4v) is 4.60. The second kappa shape index (κ2) is 10.8. The Labute approximate surface area is 206 Å². The maximum Gasteiger partial charge on any atom is 0.217 e. The summed E-state index contributed by atoms with van der Waals surface area (Å²) < 4.78 is 21.1. The summed E-state index contributed by atoms with van der Waals surface area (Å²) in [6.45, 7) is 0.602. The van der Waals surface area contributed by atoms with E-state index in [1.165, 1.54) is 6.07 Å². The second-order valence-electron chi connectivity index (χ2n) is 8.99. The van der Waals surface area contributed by atoms with Gasteiger partial charge >= 0.3 is 0 Å². The van der Waals surface area contributed by atoms with E-state index in [1.54, 1.807) is 31.5 Å². The fraction of sp³-hybridized carbons (Fsp3) is 0.233. The zero-order valence-corrected chi connectivity index (χ0v) is 20.4. The molecule has 35 heavy (non-hydrogen) atoms. The molecule has 1 N–H and O–H groups in total. The molecule has 4 aromatic rings. The van der Waals surface area contributed by atoms with Crippen LogP contribution in [0, 0.1) is 5.82 Å². The van der Waals surface area contributed by atoms with Crippen LogP contribution in [0.1, 0.15) is 29.0 Å². The van der Waals surface area contributed by atoms with Crippen LogP contribution in [-0.2, 0) is 5.60 Å². The molecule has 0 saturated carbocycles. The first-order valence-corrected chi connectivity index (χ1v) is 11.7. The molecule has 4 rings (SSSR count). The van der Waals surface area contributed by atoms with Gasteiger partial charge in [-0.3, -0.25) is 0 Å². The quantitative estimate of drug-likeness (QED) is 0.332. The van der Waals surface area contributed by atoms with Crippen LogP contribution >= 0.6 is 0 Å². The Morgan fingerprint density at radius 1 is 0.886 bits per heavy atom. The zero-order chi connectivity index (χ0) is 24.8. The summed E-state index contributed by atoms with van der Waals surface area (Å²) in [5, 5.41) is 12.5. The summed E-state index contributed by atoms with van der Waals surface area (Å²) in [6.07, 6.45) is 2.12. The van der Waals surface area contributed by atoms with Gasteiger partial charge in [0.1, 0.15) is 11.4 Å². The lowest BCUT2D eigenvalue weighted by atomic mass is 9.71. The Bertz CT molecular complexity index is 1250. The number of hydrogen-bond acceptors (Lipinski definition) is 4. The van der Waals surface area contributed by atoms with Crippen LogP contribution in [-0.4, -0.2) is 42.7 Å². The van der Waals surface area contributed by atoms with Gasteiger partial charge in [-0.05, 0) is 49.3 Å².